The molecule has 4 nitrogen and oxygen atoms in total. The van der Waals surface area contributed by atoms with Gasteiger partial charge in [0.1, 0.15) is 0 Å². The number of carbonyl (C=O) groups is 1. The zero-order chi connectivity index (χ0) is 19.9. The second-order valence-corrected chi connectivity index (χ2v) is 8.91. The van der Waals surface area contributed by atoms with Gasteiger partial charge < -0.3 is 15.8 Å². The molecule has 0 amide bonds. The zero-order valence-electron chi connectivity index (χ0n) is 17.5. The maximum absolute atomic E-state index is 12.1. The second kappa shape index (κ2) is 15.3. The van der Waals surface area contributed by atoms with E-state index in [1.165, 1.54) is 51.4 Å². The molecule has 27 heavy (non-hydrogen) atoms. The van der Waals surface area contributed by atoms with E-state index in [2.05, 4.69) is 31.8 Å². The van der Waals surface area contributed by atoms with Crippen molar-refractivity contribution in [2.24, 2.45) is 23.5 Å². The summed E-state index contributed by atoms with van der Waals surface area (Å²) in [6, 6.07) is 0. The lowest BCUT2D eigenvalue weighted by molar-refractivity contribution is -0.149. The number of esters is 1. The van der Waals surface area contributed by atoms with E-state index < -0.39 is 0 Å². The Labute approximate surface area is 172 Å². The van der Waals surface area contributed by atoms with Crippen LogP contribution in [0.2, 0.25) is 0 Å². The third-order valence-electron chi connectivity index (χ3n) is 5.54. The van der Waals surface area contributed by atoms with Crippen molar-refractivity contribution in [3.8, 4) is 0 Å². The Morgan fingerprint density at radius 2 is 1.67 bits per heavy atom. The summed E-state index contributed by atoms with van der Waals surface area (Å²) in [6.45, 7) is 6.03. The number of carbonyl (C=O) groups excluding carboxylic acids is 1. The average molecular weight is 399 g/mol. The SMILES string of the molecule is CC1CC(C)C(C(=O)OCCCCCCCCCCCN/C=C\[C@@H](N)S)C1. The Morgan fingerprint density at radius 3 is 2.22 bits per heavy atom. The van der Waals surface area contributed by atoms with Crippen LogP contribution in [0.15, 0.2) is 12.3 Å². The summed E-state index contributed by atoms with van der Waals surface area (Å²) >= 11 is 4.08. The number of hydrogen-bond acceptors (Lipinski definition) is 5. The zero-order valence-corrected chi connectivity index (χ0v) is 18.4. The van der Waals surface area contributed by atoms with Gasteiger partial charge >= 0.3 is 5.97 Å². The van der Waals surface area contributed by atoms with Gasteiger partial charge in [0.15, 0.2) is 0 Å². The quantitative estimate of drug-likeness (QED) is 0.156. The summed E-state index contributed by atoms with van der Waals surface area (Å²) in [5.41, 5.74) is 5.50. The molecule has 0 aromatic carbocycles. The van der Waals surface area contributed by atoms with Crippen molar-refractivity contribution in [2.75, 3.05) is 13.2 Å². The van der Waals surface area contributed by atoms with E-state index in [0.29, 0.717) is 18.4 Å². The van der Waals surface area contributed by atoms with Gasteiger partial charge in [-0.15, -0.1) is 0 Å². The van der Waals surface area contributed by atoms with Crippen LogP contribution in [0.3, 0.4) is 0 Å². The first-order valence-corrected chi connectivity index (χ1v) is 11.5. The van der Waals surface area contributed by atoms with E-state index in [1.807, 2.05) is 12.3 Å². The summed E-state index contributed by atoms with van der Waals surface area (Å²) in [6.07, 6.45) is 17.1. The van der Waals surface area contributed by atoms with E-state index >= 15 is 0 Å². The van der Waals surface area contributed by atoms with Crippen LogP contribution in [-0.4, -0.2) is 24.5 Å². The molecule has 0 aliphatic heterocycles. The summed E-state index contributed by atoms with van der Waals surface area (Å²) in [4.78, 5) is 12.1. The topological polar surface area (TPSA) is 64.3 Å². The van der Waals surface area contributed by atoms with Gasteiger partial charge in [-0.3, -0.25) is 4.79 Å². The van der Waals surface area contributed by atoms with Crippen LogP contribution >= 0.6 is 12.6 Å². The Bertz CT molecular complexity index is 415. The maximum atomic E-state index is 12.1. The molecule has 3 N–H and O–H groups in total. The summed E-state index contributed by atoms with van der Waals surface area (Å²) < 4.78 is 5.50. The number of ether oxygens (including phenoxy) is 1. The molecule has 4 atom stereocenters. The van der Waals surface area contributed by atoms with E-state index in [1.54, 1.807) is 0 Å². The van der Waals surface area contributed by atoms with E-state index in [0.717, 1.165) is 25.8 Å². The van der Waals surface area contributed by atoms with Gasteiger partial charge in [-0.2, -0.15) is 12.6 Å². The summed E-state index contributed by atoms with van der Waals surface area (Å²) in [5.74, 6) is 1.35. The highest BCUT2D eigenvalue weighted by molar-refractivity contribution is 7.81. The largest absolute Gasteiger partial charge is 0.465 e. The lowest BCUT2D eigenvalue weighted by atomic mass is 9.99. The van der Waals surface area contributed by atoms with Crippen molar-refractivity contribution in [1.29, 1.82) is 0 Å². The Morgan fingerprint density at radius 1 is 1.07 bits per heavy atom. The highest BCUT2D eigenvalue weighted by Gasteiger charge is 2.34. The van der Waals surface area contributed by atoms with Gasteiger partial charge in [0.2, 0.25) is 0 Å². The fourth-order valence-electron chi connectivity index (χ4n) is 3.99. The van der Waals surface area contributed by atoms with Crippen LogP contribution in [0.25, 0.3) is 0 Å². The number of thiol groups is 1. The number of rotatable bonds is 15. The first-order valence-electron chi connectivity index (χ1n) is 11.0. The average Bonchev–Trinajstić information content (AvgIpc) is 2.96. The van der Waals surface area contributed by atoms with E-state index in [9.17, 15) is 4.79 Å². The normalized spacial score (nSPS) is 23.6. The molecule has 1 fully saturated rings. The molecule has 158 valence electrons. The number of unbranched alkanes of at least 4 members (excludes halogenated alkanes) is 8. The first kappa shape index (κ1) is 24.4. The van der Waals surface area contributed by atoms with Gasteiger partial charge in [-0.1, -0.05) is 58.8 Å². The van der Waals surface area contributed by atoms with Crippen LogP contribution in [0.1, 0.15) is 84.5 Å². The van der Waals surface area contributed by atoms with Gasteiger partial charge in [-0.05, 0) is 49.8 Å². The predicted octanol–water partition coefficient (Wildman–Crippen LogP) is 5.04. The van der Waals surface area contributed by atoms with Gasteiger partial charge in [0, 0.05) is 6.54 Å². The highest BCUT2D eigenvalue weighted by Crippen LogP contribution is 2.36. The summed E-state index contributed by atoms with van der Waals surface area (Å²) in [5, 5.41) is 3.06. The van der Waals surface area contributed by atoms with Crippen LogP contribution < -0.4 is 11.1 Å². The summed E-state index contributed by atoms with van der Waals surface area (Å²) in [7, 11) is 0. The van der Waals surface area contributed by atoms with Gasteiger partial charge in [-0.25, -0.2) is 0 Å². The molecule has 5 heteroatoms. The molecular weight excluding hydrogens is 356 g/mol. The van der Waals surface area contributed by atoms with Crippen molar-refractivity contribution < 1.29 is 9.53 Å². The predicted molar refractivity (Wildman–Crippen MR) is 118 cm³/mol. The van der Waals surface area contributed by atoms with Crippen molar-refractivity contribution in [3.05, 3.63) is 12.3 Å². The fraction of sp³-hybridized carbons (Fsp3) is 0.864. The molecule has 1 rings (SSSR count). The third kappa shape index (κ3) is 12.4. The lowest BCUT2D eigenvalue weighted by Crippen LogP contribution is -2.20. The Balaban J connectivity index is 1.81. The highest BCUT2D eigenvalue weighted by atomic mass is 32.1. The molecule has 0 saturated heterocycles. The van der Waals surface area contributed by atoms with Crippen molar-refractivity contribution in [2.45, 2.75) is 89.9 Å². The molecule has 0 bridgehead atoms. The molecule has 1 aliphatic rings. The smallest absolute Gasteiger partial charge is 0.309 e. The first-order chi connectivity index (χ1) is 13.0. The molecular formula is C22H42N2O2S. The van der Waals surface area contributed by atoms with Gasteiger partial charge in [0.05, 0.1) is 17.9 Å². The Hall–Kier alpha value is -0.680. The van der Waals surface area contributed by atoms with Crippen LogP contribution in [0, 0.1) is 17.8 Å². The lowest BCUT2D eigenvalue weighted by Gasteiger charge is -2.14. The van der Waals surface area contributed by atoms with Crippen molar-refractivity contribution in [3.63, 3.8) is 0 Å². The van der Waals surface area contributed by atoms with Crippen LogP contribution in [0.4, 0.5) is 0 Å². The molecule has 0 spiro atoms. The Kier molecular flexibility index (Phi) is 13.8. The van der Waals surface area contributed by atoms with Crippen molar-refractivity contribution in [1.82, 2.24) is 5.32 Å². The molecule has 0 aromatic heterocycles. The third-order valence-corrected chi connectivity index (χ3v) is 5.71. The molecule has 1 saturated carbocycles. The number of hydrogen-bond donors (Lipinski definition) is 3. The van der Waals surface area contributed by atoms with E-state index in [4.69, 9.17) is 10.5 Å². The molecule has 0 heterocycles. The minimum Gasteiger partial charge on any atom is -0.465 e. The fourth-order valence-corrected chi connectivity index (χ4v) is 4.07. The minimum absolute atomic E-state index is 0.0466. The second-order valence-electron chi connectivity index (χ2n) is 8.31. The number of nitrogens with two attached hydrogens (primary N) is 1. The molecule has 1 aliphatic carbocycles. The maximum Gasteiger partial charge on any atom is 0.309 e. The van der Waals surface area contributed by atoms with Gasteiger partial charge in [0.25, 0.3) is 0 Å². The monoisotopic (exact) mass is 398 g/mol. The van der Waals surface area contributed by atoms with E-state index in [-0.39, 0.29) is 17.3 Å². The molecule has 3 unspecified atom stereocenters. The molecule has 0 radical (unpaired) electrons. The van der Waals surface area contributed by atoms with Crippen LogP contribution in [-0.2, 0) is 9.53 Å². The number of nitrogens with one attached hydrogen (secondary N) is 1. The standard InChI is InChI=1S/C22H42N2O2S/c1-18-16-19(2)20(17-18)22(25)26-15-11-9-7-5-3-4-6-8-10-13-24-14-12-21(23)27/h12,14,18-21,24,27H,3-11,13,15-17,23H2,1-2H3/b14-12-/t18?,19?,20?,21-/m0/s1. The van der Waals surface area contributed by atoms with Crippen LogP contribution in [0.5, 0.6) is 0 Å². The van der Waals surface area contributed by atoms with Crippen molar-refractivity contribution >= 4 is 18.6 Å². The minimum atomic E-state index is -0.177. The molecule has 0 aromatic rings.